The summed E-state index contributed by atoms with van der Waals surface area (Å²) in [5.41, 5.74) is 0.762. The van der Waals surface area contributed by atoms with Crippen molar-refractivity contribution >= 4 is 46.5 Å². The van der Waals surface area contributed by atoms with Gasteiger partial charge in [-0.15, -0.1) is 21.5 Å². The molecule has 1 aromatic carbocycles. The number of hydrogen-bond acceptors (Lipinski definition) is 7. The number of hydrogen-bond donors (Lipinski definition) is 0. The van der Waals surface area contributed by atoms with Crippen LogP contribution in [0.15, 0.2) is 69.7 Å². The second-order valence-corrected chi connectivity index (χ2v) is 9.81. The van der Waals surface area contributed by atoms with Gasteiger partial charge in [0.2, 0.25) is 5.91 Å². The molecule has 11 heteroatoms. The molecule has 1 aliphatic rings. The van der Waals surface area contributed by atoms with Crippen molar-refractivity contribution in [3.8, 4) is 16.4 Å². The minimum atomic E-state index is -0.152. The Balaban J connectivity index is 1.27. The summed E-state index contributed by atoms with van der Waals surface area (Å²) < 4.78 is 7.09. The number of carbonyl (C=O) groups excluding carboxylic acids is 2. The molecule has 34 heavy (non-hydrogen) atoms. The fourth-order valence-corrected chi connectivity index (χ4v) is 5.48. The lowest BCUT2D eigenvalue weighted by molar-refractivity contribution is -0.129. The molecule has 1 aliphatic heterocycles. The molecule has 174 valence electrons. The molecule has 0 bridgehead atoms. The van der Waals surface area contributed by atoms with Crippen LogP contribution in [0.25, 0.3) is 16.4 Å². The van der Waals surface area contributed by atoms with E-state index >= 15 is 0 Å². The standard InChI is InChI=1S/C23H20ClN5O3S2/c24-16-5-1-2-6-17(16)29-21(19-8-4-14-33-19)25-26-23(29)34-15-20(30)27-9-11-28(12-10-27)22(31)18-7-3-13-32-18/h1-8,13-14H,9-12,15H2. The molecule has 3 aromatic heterocycles. The smallest absolute Gasteiger partial charge is 0.289 e. The first kappa shape index (κ1) is 22.7. The number of halogens is 1. The molecule has 1 saturated heterocycles. The second kappa shape index (κ2) is 10.0. The molecule has 2 amide bonds. The van der Waals surface area contributed by atoms with Gasteiger partial charge in [-0.1, -0.05) is 41.6 Å². The Labute approximate surface area is 209 Å². The van der Waals surface area contributed by atoms with Crippen LogP contribution in [-0.4, -0.2) is 68.3 Å². The maximum atomic E-state index is 12.9. The van der Waals surface area contributed by atoms with E-state index in [4.69, 9.17) is 16.0 Å². The molecule has 4 aromatic rings. The lowest BCUT2D eigenvalue weighted by Gasteiger charge is -2.34. The highest BCUT2D eigenvalue weighted by molar-refractivity contribution is 7.99. The Morgan fingerprint density at radius 3 is 2.50 bits per heavy atom. The molecule has 0 aliphatic carbocycles. The van der Waals surface area contributed by atoms with E-state index in [9.17, 15) is 9.59 Å². The monoisotopic (exact) mass is 513 g/mol. The van der Waals surface area contributed by atoms with E-state index in [1.807, 2.05) is 46.3 Å². The number of amides is 2. The van der Waals surface area contributed by atoms with Crippen LogP contribution < -0.4 is 0 Å². The Morgan fingerprint density at radius 1 is 1.00 bits per heavy atom. The minimum Gasteiger partial charge on any atom is -0.459 e. The van der Waals surface area contributed by atoms with Gasteiger partial charge in [-0.05, 0) is 35.7 Å². The number of aromatic nitrogens is 3. The number of para-hydroxylation sites is 1. The summed E-state index contributed by atoms with van der Waals surface area (Å²) in [5.74, 6) is 1.04. The van der Waals surface area contributed by atoms with Crippen LogP contribution in [0.3, 0.4) is 0 Å². The number of furan rings is 1. The van der Waals surface area contributed by atoms with Gasteiger partial charge in [0.25, 0.3) is 5.91 Å². The van der Waals surface area contributed by atoms with E-state index in [1.54, 1.807) is 33.3 Å². The zero-order valence-corrected chi connectivity index (χ0v) is 20.4. The van der Waals surface area contributed by atoms with Gasteiger partial charge in [-0.25, -0.2) is 0 Å². The molecule has 0 unspecified atom stereocenters. The summed E-state index contributed by atoms with van der Waals surface area (Å²) in [6, 6.07) is 14.8. The van der Waals surface area contributed by atoms with Gasteiger partial charge in [-0.2, -0.15) is 0 Å². The van der Waals surface area contributed by atoms with E-state index in [0.717, 1.165) is 10.6 Å². The largest absolute Gasteiger partial charge is 0.459 e. The quantitative estimate of drug-likeness (QED) is 0.357. The minimum absolute atomic E-state index is 0.0125. The van der Waals surface area contributed by atoms with Gasteiger partial charge in [0.1, 0.15) is 0 Å². The highest BCUT2D eigenvalue weighted by Gasteiger charge is 2.27. The van der Waals surface area contributed by atoms with Gasteiger partial charge in [0, 0.05) is 26.2 Å². The molecule has 0 radical (unpaired) electrons. The molecular formula is C23H20ClN5O3S2. The molecule has 0 atom stereocenters. The first-order valence-corrected chi connectivity index (χ1v) is 12.8. The van der Waals surface area contributed by atoms with Crippen LogP contribution in [-0.2, 0) is 4.79 Å². The molecule has 5 rings (SSSR count). The zero-order chi connectivity index (χ0) is 23.5. The topological polar surface area (TPSA) is 84.5 Å². The van der Waals surface area contributed by atoms with Gasteiger partial charge in [-0.3, -0.25) is 14.2 Å². The van der Waals surface area contributed by atoms with E-state index < -0.39 is 0 Å². The summed E-state index contributed by atoms with van der Waals surface area (Å²) in [4.78, 5) is 29.8. The SMILES string of the molecule is O=C(CSc1nnc(-c2cccs2)n1-c1ccccc1Cl)N1CCN(C(=O)c2ccco2)CC1. The molecule has 8 nitrogen and oxygen atoms in total. The van der Waals surface area contributed by atoms with E-state index in [0.29, 0.717) is 47.9 Å². The van der Waals surface area contributed by atoms with Crippen LogP contribution in [0.1, 0.15) is 10.6 Å². The van der Waals surface area contributed by atoms with Crippen molar-refractivity contribution in [3.05, 3.63) is 71.0 Å². The van der Waals surface area contributed by atoms with Crippen molar-refractivity contribution in [2.75, 3.05) is 31.9 Å². The summed E-state index contributed by atoms with van der Waals surface area (Å²) in [7, 11) is 0. The molecule has 0 N–H and O–H groups in total. The summed E-state index contributed by atoms with van der Waals surface area (Å²) in [6.45, 7) is 1.88. The van der Waals surface area contributed by atoms with Gasteiger partial charge in [0.15, 0.2) is 16.7 Å². The normalized spacial score (nSPS) is 13.9. The highest BCUT2D eigenvalue weighted by Crippen LogP contribution is 2.33. The lowest BCUT2D eigenvalue weighted by atomic mass is 10.3. The number of thiophene rings is 1. The average molecular weight is 514 g/mol. The van der Waals surface area contributed by atoms with E-state index in [-0.39, 0.29) is 17.6 Å². The van der Waals surface area contributed by atoms with Crippen molar-refractivity contribution in [2.45, 2.75) is 5.16 Å². The van der Waals surface area contributed by atoms with E-state index in [1.165, 1.54) is 18.0 Å². The van der Waals surface area contributed by atoms with Gasteiger partial charge < -0.3 is 14.2 Å². The van der Waals surface area contributed by atoms with Gasteiger partial charge >= 0.3 is 0 Å². The Bertz CT molecular complexity index is 1280. The number of benzene rings is 1. The number of rotatable bonds is 6. The first-order chi connectivity index (χ1) is 16.6. The first-order valence-electron chi connectivity index (χ1n) is 10.6. The van der Waals surface area contributed by atoms with E-state index in [2.05, 4.69) is 10.2 Å². The number of thioether (sulfide) groups is 1. The molecular weight excluding hydrogens is 494 g/mol. The Morgan fingerprint density at radius 2 is 1.79 bits per heavy atom. The number of nitrogens with zero attached hydrogens (tertiary/aromatic N) is 5. The zero-order valence-electron chi connectivity index (χ0n) is 18.0. The van der Waals surface area contributed by atoms with Crippen molar-refractivity contribution in [1.29, 1.82) is 0 Å². The van der Waals surface area contributed by atoms with Crippen molar-refractivity contribution in [1.82, 2.24) is 24.6 Å². The summed E-state index contributed by atoms with van der Waals surface area (Å²) in [5, 5.41) is 11.9. The van der Waals surface area contributed by atoms with Crippen molar-refractivity contribution < 1.29 is 14.0 Å². The Kier molecular flexibility index (Phi) is 6.70. The van der Waals surface area contributed by atoms with Crippen molar-refractivity contribution in [3.63, 3.8) is 0 Å². The second-order valence-electron chi connectivity index (χ2n) is 7.51. The molecule has 4 heterocycles. The maximum Gasteiger partial charge on any atom is 0.289 e. The molecule has 0 saturated carbocycles. The number of piperazine rings is 1. The average Bonchev–Trinajstić information content (AvgIpc) is 3.64. The molecule has 1 fully saturated rings. The summed E-state index contributed by atoms with van der Waals surface area (Å²) >= 11 is 9.37. The highest BCUT2D eigenvalue weighted by atomic mass is 35.5. The van der Waals surface area contributed by atoms with Crippen LogP contribution in [0, 0.1) is 0 Å². The third-order valence-corrected chi connectivity index (χ3v) is 7.54. The van der Waals surface area contributed by atoms with Crippen LogP contribution >= 0.6 is 34.7 Å². The van der Waals surface area contributed by atoms with Crippen LogP contribution in [0.2, 0.25) is 5.02 Å². The maximum absolute atomic E-state index is 12.9. The van der Waals surface area contributed by atoms with Crippen molar-refractivity contribution in [2.24, 2.45) is 0 Å². The predicted octanol–water partition coefficient (Wildman–Crippen LogP) is 4.32. The summed E-state index contributed by atoms with van der Waals surface area (Å²) in [6.07, 6.45) is 1.48. The number of carbonyl (C=O) groups is 2. The Hall–Kier alpha value is -3.08. The lowest BCUT2D eigenvalue weighted by Crippen LogP contribution is -2.51. The third-order valence-electron chi connectivity index (χ3n) is 5.44. The molecule has 0 spiro atoms. The fraction of sp³-hybridized carbons (Fsp3) is 0.217. The third kappa shape index (κ3) is 4.61. The van der Waals surface area contributed by atoms with Crippen LogP contribution in [0.5, 0.6) is 0 Å². The van der Waals surface area contributed by atoms with Gasteiger partial charge in [0.05, 0.1) is 27.6 Å². The predicted molar refractivity (Wildman–Crippen MR) is 132 cm³/mol. The van der Waals surface area contributed by atoms with Crippen LogP contribution in [0.4, 0.5) is 0 Å². The fourth-order valence-electron chi connectivity index (χ4n) is 3.71.